The van der Waals surface area contributed by atoms with Gasteiger partial charge in [0.05, 0.1) is 5.56 Å². The summed E-state index contributed by atoms with van der Waals surface area (Å²) in [6, 6.07) is 4.92. The zero-order valence-corrected chi connectivity index (χ0v) is 11.6. The van der Waals surface area contributed by atoms with Crippen LogP contribution in [0.25, 0.3) is 0 Å². The maximum absolute atomic E-state index is 13.9. The molecule has 0 aliphatic carbocycles. The predicted octanol–water partition coefficient (Wildman–Crippen LogP) is 2.06. The molecule has 1 aliphatic rings. The molecule has 1 aromatic rings. The normalized spacial score (nSPS) is 19.5. The Kier molecular flexibility index (Phi) is 4.71. The number of aliphatic hydroxyl groups is 1. The molecule has 1 unspecified atom stereocenters. The van der Waals surface area contributed by atoms with Crippen molar-refractivity contribution in [1.82, 2.24) is 0 Å². The summed E-state index contributed by atoms with van der Waals surface area (Å²) >= 11 is 4.96. The van der Waals surface area contributed by atoms with Crippen molar-refractivity contribution in [3.8, 4) is 0 Å². The molecule has 1 saturated heterocycles. The van der Waals surface area contributed by atoms with E-state index >= 15 is 0 Å². The number of anilines is 1. The first kappa shape index (κ1) is 14.2. The Labute approximate surface area is 118 Å². The molecule has 19 heavy (non-hydrogen) atoms. The standard InChI is InChI=1S/C14H19FN2OS/c15-11-4-1-5-12(13(11)14(16)19)17-7-2-3-10(9-17)6-8-18/h1,4-5,10,18H,2-3,6-9H2,(H2,16,19). The van der Waals surface area contributed by atoms with Gasteiger partial charge >= 0.3 is 0 Å². The second-order valence-corrected chi connectivity index (χ2v) is 5.40. The topological polar surface area (TPSA) is 49.5 Å². The number of piperidine rings is 1. The van der Waals surface area contributed by atoms with Crippen LogP contribution in [0.15, 0.2) is 18.2 Å². The van der Waals surface area contributed by atoms with Gasteiger partial charge in [0.15, 0.2) is 0 Å². The van der Waals surface area contributed by atoms with Crippen LogP contribution in [0.2, 0.25) is 0 Å². The highest BCUT2D eigenvalue weighted by Crippen LogP contribution is 2.29. The van der Waals surface area contributed by atoms with Crippen molar-refractivity contribution in [2.75, 3.05) is 24.6 Å². The summed E-state index contributed by atoms with van der Waals surface area (Å²) in [6.45, 7) is 1.89. The van der Waals surface area contributed by atoms with Crippen molar-refractivity contribution in [3.63, 3.8) is 0 Å². The van der Waals surface area contributed by atoms with Crippen molar-refractivity contribution < 1.29 is 9.50 Å². The fourth-order valence-corrected chi connectivity index (χ4v) is 2.92. The van der Waals surface area contributed by atoms with Crippen LogP contribution in [-0.4, -0.2) is 29.8 Å². The second kappa shape index (κ2) is 6.30. The molecule has 0 spiro atoms. The second-order valence-electron chi connectivity index (χ2n) is 4.96. The molecule has 5 heteroatoms. The Balaban J connectivity index is 2.26. The summed E-state index contributed by atoms with van der Waals surface area (Å²) in [4.78, 5) is 2.22. The number of halogens is 1. The monoisotopic (exact) mass is 282 g/mol. The number of hydrogen-bond acceptors (Lipinski definition) is 3. The summed E-state index contributed by atoms with van der Waals surface area (Å²) in [6.07, 6.45) is 2.93. The van der Waals surface area contributed by atoms with Crippen molar-refractivity contribution in [3.05, 3.63) is 29.6 Å². The zero-order chi connectivity index (χ0) is 13.8. The molecule has 1 aliphatic heterocycles. The third kappa shape index (κ3) is 3.22. The van der Waals surface area contributed by atoms with Crippen LogP contribution < -0.4 is 10.6 Å². The first-order valence-electron chi connectivity index (χ1n) is 6.57. The minimum atomic E-state index is -0.366. The summed E-state index contributed by atoms with van der Waals surface area (Å²) < 4.78 is 13.9. The Morgan fingerprint density at radius 2 is 2.32 bits per heavy atom. The van der Waals surface area contributed by atoms with Gasteiger partial charge in [-0.3, -0.25) is 0 Å². The molecular formula is C14H19FN2OS. The molecule has 104 valence electrons. The van der Waals surface area contributed by atoms with Crippen molar-refractivity contribution in [2.45, 2.75) is 19.3 Å². The number of aliphatic hydroxyl groups excluding tert-OH is 1. The number of nitrogens with two attached hydrogens (primary N) is 1. The van der Waals surface area contributed by atoms with Crippen LogP contribution >= 0.6 is 12.2 Å². The van der Waals surface area contributed by atoms with Gasteiger partial charge in [0, 0.05) is 25.4 Å². The SMILES string of the molecule is NC(=S)c1c(F)cccc1N1CCCC(CCO)C1. The molecule has 1 fully saturated rings. The third-order valence-corrected chi connectivity index (χ3v) is 3.84. The van der Waals surface area contributed by atoms with Crippen LogP contribution in [0, 0.1) is 11.7 Å². The Bertz CT molecular complexity index is 465. The van der Waals surface area contributed by atoms with Crippen LogP contribution in [0.1, 0.15) is 24.8 Å². The van der Waals surface area contributed by atoms with Crippen LogP contribution in [0.3, 0.4) is 0 Å². The van der Waals surface area contributed by atoms with E-state index in [4.69, 9.17) is 23.1 Å². The molecule has 0 radical (unpaired) electrons. The number of nitrogens with zero attached hydrogens (tertiary/aromatic N) is 1. The lowest BCUT2D eigenvalue weighted by Crippen LogP contribution is -2.37. The van der Waals surface area contributed by atoms with Gasteiger partial charge in [0.1, 0.15) is 10.8 Å². The van der Waals surface area contributed by atoms with Gasteiger partial charge in [-0.05, 0) is 37.3 Å². The maximum Gasteiger partial charge on any atom is 0.135 e. The lowest BCUT2D eigenvalue weighted by Gasteiger charge is -2.35. The Morgan fingerprint density at radius 1 is 1.53 bits per heavy atom. The average molecular weight is 282 g/mol. The fraction of sp³-hybridized carbons (Fsp3) is 0.500. The molecule has 1 aromatic carbocycles. The third-order valence-electron chi connectivity index (χ3n) is 3.64. The smallest absolute Gasteiger partial charge is 0.135 e. The van der Waals surface area contributed by atoms with E-state index in [-0.39, 0.29) is 17.4 Å². The summed E-state index contributed by atoms with van der Waals surface area (Å²) in [5, 5.41) is 9.04. The van der Waals surface area contributed by atoms with Crippen molar-refractivity contribution in [2.24, 2.45) is 11.7 Å². The highest BCUT2D eigenvalue weighted by atomic mass is 32.1. The van der Waals surface area contributed by atoms with E-state index < -0.39 is 0 Å². The molecule has 0 saturated carbocycles. The first-order valence-corrected chi connectivity index (χ1v) is 6.98. The van der Waals surface area contributed by atoms with E-state index in [2.05, 4.69) is 4.90 Å². The largest absolute Gasteiger partial charge is 0.396 e. The Hall–Kier alpha value is -1.20. The highest BCUT2D eigenvalue weighted by molar-refractivity contribution is 7.80. The van der Waals surface area contributed by atoms with Gasteiger partial charge in [-0.15, -0.1) is 0 Å². The number of benzene rings is 1. The van der Waals surface area contributed by atoms with E-state index in [9.17, 15) is 4.39 Å². The lowest BCUT2D eigenvalue weighted by atomic mass is 9.94. The Morgan fingerprint density at radius 3 is 3.00 bits per heavy atom. The summed E-state index contributed by atoms with van der Waals surface area (Å²) in [5.74, 6) is 0.0792. The zero-order valence-electron chi connectivity index (χ0n) is 10.8. The fourth-order valence-electron chi connectivity index (χ4n) is 2.72. The quantitative estimate of drug-likeness (QED) is 0.830. The minimum absolute atomic E-state index is 0.0948. The van der Waals surface area contributed by atoms with Gasteiger partial charge in [0.2, 0.25) is 0 Å². The lowest BCUT2D eigenvalue weighted by molar-refractivity contribution is 0.244. The van der Waals surface area contributed by atoms with E-state index in [0.717, 1.165) is 38.0 Å². The van der Waals surface area contributed by atoms with Crippen molar-refractivity contribution >= 4 is 22.9 Å². The summed E-state index contributed by atoms with van der Waals surface area (Å²) in [5.41, 5.74) is 6.75. The summed E-state index contributed by atoms with van der Waals surface area (Å²) in [7, 11) is 0. The number of rotatable bonds is 4. The molecule has 2 rings (SSSR count). The van der Waals surface area contributed by atoms with Gasteiger partial charge in [0.25, 0.3) is 0 Å². The van der Waals surface area contributed by atoms with E-state index in [1.807, 2.05) is 6.07 Å². The molecule has 0 amide bonds. The van der Waals surface area contributed by atoms with Crippen LogP contribution in [0.5, 0.6) is 0 Å². The maximum atomic E-state index is 13.9. The molecule has 0 aromatic heterocycles. The predicted molar refractivity (Wildman–Crippen MR) is 78.9 cm³/mol. The van der Waals surface area contributed by atoms with E-state index in [0.29, 0.717) is 11.5 Å². The molecule has 1 heterocycles. The van der Waals surface area contributed by atoms with Gasteiger partial charge in [-0.1, -0.05) is 18.3 Å². The molecule has 0 bridgehead atoms. The van der Waals surface area contributed by atoms with E-state index in [1.165, 1.54) is 6.07 Å². The van der Waals surface area contributed by atoms with Gasteiger partial charge in [-0.25, -0.2) is 4.39 Å². The minimum Gasteiger partial charge on any atom is -0.396 e. The average Bonchev–Trinajstić information content (AvgIpc) is 2.38. The van der Waals surface area contributed by atoms with Crippen LogP contribution in [0.4, 0.5) is 10.1 Å². The molecule has 1 atom stereocenters. The van der Waals surface area contributed by atoms with Crippen LogP contribution in [-0.2, 0) is 0 Å². The molecular weight excluding hydrogens is 263 g/mol. The molecule has 3 nitrogen and oxygen atoms in total. The van der Waals surface area contributed by atoms with Gasteiger partial charge < -0.3 is 15.7 Å². The van der Waals surface area contributed by atoms with E-state index in [1.54, 1.807) is 6.07 Å². The highest BCUT2D eigenvalue weighted by Gasteiger charge is 2.23. The molecule has 3 N–H and O–H groups in total. The number of hydrogen-bond donors (Lipinski definition) is 2. The van der Waals surface area contributed by atoms with Crippen molar-refractivity contribution in [1.29, 1.82) is 0 Å². The number of thiocarbonyl (C=S) groups is 1. The van der Waals surface area contributed by atoms with Gasteiger partial charge in [-0.2, -0.15) is 0 Å². The first-order chi connectivity index (χ1) is 9.13.